The fraction of sp³-hybridized carbons (Fsp3) is 0.529. The van der Waals surface area contributed by atoms with Crippen molar-refractivity contribution in [3.05, 3.63) is 17.7 Å². The molecule has 1 aliphatic rings. The first-order chi connectivity index (χ1) is 11.5. The van der Waals surface area contributed by atoms with Crippen LogP contribution in [0, 0.1) is 0 Å². The fourth-order valence-electron chi connectivity index (χ4n) is 2.67. The predicted octanol–water partition coefficient (Wildman–Crippen LogP) is 1.88. The van der Waals surface area contributed by atoms with Crippen LogP contribution in [0.4, 0.5) is 0 Å². The van der Waals surface area contributed by atoms with E-state index in [0.717, 1.165) is 12.8 Å². The molecule has 1 aromatic rings. The zero-order chi connectivity index (χ0) is 17.7. The molecule has 1 aromatic carbocycles. The molecule has 1 aliphatic heterocycles. The zero-order valence-corrected chi connectivity index (χ0v) is 14.5. The minimum absolute atomic E-state index is 0.173. The van der Waals surface area contributed by atoms with Gasteiger partial charge in [0.15, 0.2) is 17.6 Å². The number of carbonyl (C=O) groups is 2. The van der Waals surface area contributed by atoms with Crippen LogP contribution in [0.15, 0.2) is 12.1 Å². The molecule has 1 amide bonds. The molecule has 0 N–H and O–H groups in total. The summed E-state index contributed by atoms with van der Waals surface area (Å²) in [4.78, 5) is 26.3. The second-order valence-electron chi connectivity index (χ2n) is 5.49. The number of carbonyl (C=O) groups excluding carboxylic acids is 2. The van der Waals surface area contributed by atoms with E-state index in [-0.39, 0.29) is 11.5 Å². The summed E-state index contributed by atoms with van der Waals surface area (Å²) in [7, 11) is 4.41. The number of nitrogens with zero attached hydrogens (tertiary/aromatic N) is 1. The number of esters is 1. The van der Waals surface area contributed by atoms with E-state index in [4.69, 9.17) is 18.9 Å². The summed E-state index contributed by atoms with van der Waals surface area (Å²) in [6.45, 7) is 3.01. The molecular formula is C17H23NO6. The molecule has 0 radical (unpaired) electrons. The number of benzene rings is 1. The quantitative estimate of drug-likeness (QED) is 0.738. The van der Waals surface area contributed by atoms with Gasteiger partial charge in [-0.1, -0.05) is 0 Å². The molecule has 0 aliphatic carbocycles. The lowest BCUT2D eigenvalue weighted by Gasteiger charge is -2.20. The molecule has 0 bridgehead atoms. The standard InChI is InChI=1S/C17H23NO6/c1-11(16(19)18-7-5-6-8-18)24-17(20)12-9-13(21-2)15(23-4)14(10-12)22-3/h9-11H,5-8H2,1-4H3/t11-/m0/s1. The summed E-state index contributed by atoms with van der Waals surface area (Å²) < 4.78 is 20.9. The number of rotatable bonds is 6. The van der Waals surface area contributed by atoms with Crippen LogP contribution in [-0.4, -0.2) is 57.3 Å². The number of likely N-dealkylation sites (tertiary alicyclic amines) is 1. The first-order valence-corrected chi connectivity index (χ1v) is 7.81. The summed E-state index contributed by atoms with van der Waals surface area (Å²) in [6.07, 6.45) is 1.13. The molecule has 1 atom stereocenters. The van der Waals surface area contributed by atoms with Crippen molar-refractivity contribution in [2.24, 2.45) is 0 Å². The Morgan fingerprint density at radius 2 is 1.54 bits per heavy atom. The topological polar surface area (TPSA) is 74.3 Å². The van der Waals surface area contributed by atoms with Crippen LogP contribution in [0.25, 0.3) is 0 Å². The maximum atomic E-state index is 12.4. The van der Waals surface area contributed by atoms with E-state index in [1.165, 1.54) is 33.5 Å². The van der Waals surface area contributed by atoms with Gasteiger partial charge in [-0.2, -0.15) is 0 Å². The highest BCUT2D eigenvalue weighted by Gasteiger charge is 2.27. The van der Waals surface area contributed by atoms with Crippen LogP contribution in [-0.2, 0) is 9.53 Å². The molecule has 0 aromatic heterocycles. The third-order valence-corrected chi connectivity index (χ3v) is 3.95. The molecule has 1 fully saturated rings. The first kappa shape index (κ1) is 17.9. The SMILES string of the molecule is COc1cc(C(=O)O[C@@H](C)C(=O)N2CCCC2)cc(OC)c1OC. The minimum atomic E-state index is -0.838. The van der Waals surface area contributed by atoms with Gasteiger partial charge in [0.05, 0.1) is 26.9 Å². The molecule has 0 spiro atoms. The van der Waals surface area contributed by atoms with Gasteiger partial charge in [0, 0.05) is 13.1 Å². The highest BCUT2D eigenvalue weighted by Crippen LogP contribution is 2.38. The van der Waals surface area contributed by atoms with E-state index in [1.807, 2.05) is 0 Å². The normalized spacial score (nSPS) is 14.9. The average molecular weight is 337 g/mol. The highest BCUT2D eigenvalue weighted by atomic mass is 16.6. The van der Waals surface area contributed by atoms with Crippen molar-refractivity contribution in [3.63, 3.8) is 0 Å². The van der Waals surface area contributed by atoms with Crippen molar-refractivity contribution in [3.8, 4) is 17.2 Å². The van der Waals surface area contributed by atoms with Crippen LogP contribution in [0.3, 0.4) is 0 Å². The Morgan fingerprint density at radius 3 is 2.00 bits per heavy atom. The Labute approximate surface area is 141 Å². The van der Waals surface area contributed by atoms with E-state index in [0.29, 0.717) is 30.3 Å². The Morgan fingerprint density at radius 1 is 1.00 bits per heavy atom. The molecule has 7 heteroatoms. The Bertz CT molecular complexity index is 584. The highest BCUT2D eigenvalue weighted by molar-refractivity contribution is 5.93. The molecule has 1 heterocycles. The van der Waals surface area contributed by atoms with Crippen molar-refractivity contribution in [1.29, 1.82) is 0 Å². The lowest BCUT2D eigenvalue weighted by Crippen LogP contribution is -2.38. The molecule has 0 saturated carbocycles. The maximum Gasteiger partial charge on any atom is 0.339 e. The summed E-state index contributed by atoms with van der Waals surface area (Å²) in [5.74, 6) is 0.296. The van der Waals surface area contributed by atoms with Crippen molar-refractivity contribution in [2.45, 2.75) is 25.9 Å². The Hall–Kier alpha value is -2.44. The average Bonchev–Trinajstić information content (AvgIpc) is 3.13. The number of amides is 1. The third kappa shape index (κ3) is 3.72. The van der Waals surface area contributed by atoms with Gasteiger partial charge in [-0.15, -0.1) is 0 Å². The Kier molecular flexibility index (Phi) is 5.89. The molecule has 0 unspecified atom stereocenters. The van der Waals surface area contributed by atoms with Gasteiger partial charge in [0.1, 0.15) is 0 Å². The van der Waals surface area contributed by atoms with Crippen LogP contribution < -0.4 is 14.2 Å². The van der Waals surface area contributed by atoms with Crippen LogP contribution in [0.1, 0.15) is 30.1 Å². The van der Waals surface area contributed by atoms with Gasteiger partial charge in [-0.25, -0.2) is 4.79 Å². The van der Waals surface area contributed by atoms with Gasteiger partial charge in [0.25, 0.3) is 5.91 Å². The maximum absolute atomic E-state index is 12.4. The molecule has 2 rings (SSSR count). The minimum Gasteiger partial charge on any atom is -0.493 e. The number of methoxy groups -OCH3 is 3. The van der Waals surface area contributed by atoms with Gasteiger partial charge in [-0.3, -0.25) is 4.79 Å². The number of hydrogen-bond donors (Lipinski definition) is 0. The third-order valence-electron chi connectivity index (χ3n) is 3.95. The predicted molar refractivity (Wildman–Crippen MR) is 86.8 cm³/mol. The fourth-order valence-corrected chi connectivity index (χ4v) is 2.67. The lowest BCUT2D eigenvalue weighted by molar-refractivity contribution is -0.138. The Balaban J connectivity index is 2.15. The summed E-state index contributed by atoms with van der Waals surface area (Å²) >= 11 is 0. The van der Waals surface area contributed by atoms with E-state index in [2.05, 4.69) is 0 Å². The van der Waals surface area contributed by atoms with E-state index < -0.39 is 12.1 Å². The molecule has 1 saturated heterocycles. The van der Waals surface area contributed by atoms with E-state index >= 15 is 0 Å². The summed E-state index contributed by atoms with van der Waals surface area (Å²) in [5, 5.41) is 0. The second kappa shape index (κ2) is 7.90. The molecule has 132 valence electrons. The van der Waals surface area contributed by atoms with Crippen LogP contribution in [0.5, 0.6) is 17.2 Å². The molecular weight excluding hydrogens is 314 g/mol. The first-order valence-electron chi connectivity index (χ1n) is 7.81. The smallest absolute Gasteiger partial charge is 0.339 e. The van der Waals surface area contributed by atoms with E-state index in [1.54, 1.807) is 11.8 Å². The van der Waals surface area contributed by atoms with Gasteiger partial charge >= 0.3 is 5.97 Å². The van der Waals surface area contributed by atoms with Crippen LogP contribution in [0.2, 0.25) is 0 Å². The number of hydrogen-bond acceptors (Lipinski definition) is 6. The van der Waals surface area contributed by atoms with Gasteiger partial charge < -0.3 is 23.8 Å². The van der Waals surface area contributed by atoms with Gasteiger partial charge in [0.2, 0.25) is 5.75 Å². The second-order valence-corrected chi connectivity index (χ2v) is 5.49. The van der Waals surface area contributed by atoms with Crippen LogP contribution >= 0.6 is 0 Å². The van der Waals surface area contributed by atoms with Crippen molar-refractivity contribution >= 4 is 11.9 Å². The van der Waals surface area contributed by atoms with Crippen molar-refractivity contribution in [2.75, 3.05) is 34.4 Å². The van der Waals surface area contributed by atoms with Gasteiger partial charge in [-0.05, 0) is 31.9 Å². The van der Waals surface area contributed by atoms with Crippen molar-refractivity contribution < 1.29 is 28.5 Å². The molecule has 7 nitrogen and oxygen atoms in total. The lowest BCUT2D eigenvalue weighted by atomic mass is 10.2. The summed E-state index contributed by atoms with van der Waals surface area (Å²) in [6, 6.07) is 2.99. The van der Waals surface area contributed by atoms with E-state index in [9.17, 15) is 9.59 Å². The zero-order valence-electron chi connectivity index (χ0n) is 14.5. The van der Waals surface area contributed by atoms with Crippen molar-refractivity contribution in [1.82, 2.24) is 4.90 Å². The number of ether oxygens (including phenoxy) is 4. The molecule has 24 heavy (non-hydrogen) atoms. The largest absolute Gasteiger partial charge is 0.493 e. The monoisotopic (exact) mass is 337 g/mol. The summed E-state index contributed by atoms with van der Waals surface area (Å²) in [5.41, 5.74) is 0.227.